The van der Waals surface area contributed by atoms with E-state index in [0.717, 1.165) is 10.6 Å². The highest BCUT2D eigenvalue weighted by Gasteiger charge is 2.16. The lowest BCUT2D eigenvalue weighted by Crippen LogP contribution is -2.28. The number of aliphatic hydroxyl groups is 1. The molecule has 2 aromatic rings. The van der Waals surface area contributed by atoms with Gasteiger partial charge in [-0.05, 0) is 26.0 Å². The van der Waals surface area contributed by atoms with E-state index in [2.05, 4.69) is 9.72 Å². The number of aliphatic hydroxyl groups excluding tert-OH is 1. The second kappa shape index (κ2) is 8.09. The van der Waals surface area contributed by atoms with E-state index in [4.69, 9.17) is 4.74 Å². The van der Waals surface area contributed by atoms with Gasteiger partial charge in [-0.15, -0.1) is 0 Å². The summed E-state index contributed by atoms with van der Waals surface area (Å²) < 4.78 is 10.6. The van der Waals surface area contributed by atoms with Crippen LogP contribution in [0, 0.1) is 0 Å². The molecule has 2 rings (SSSR count). The van der Waals surface area contributed by atoms with Gasteiger partial charge in [-0.3, -0.25) is 14.2 Å². The Morgan fingerprint density at radius 3 is 2.56 bits per heavy atom. The largest absolute Gasteiger partial charge is 0.502 e. The first-order chi connectivity index (χ1) is 12.0. The molecule has 0 bridgehead atoms. The van der Waals surface area contributed by atoms with E-state index in [-0.39, 0.29) is 19.0 Å². The molecule has 132 valence electrons. The molecule has 0 aliphatic heterocycles. The average molecular weight is 346 g/mol. The molecular formula is C17H18N2O6. The molecule has 0 amide bonds. The number of aromatic nitrogens is 2. The van der Waals surface area contributed by atoms with Gasteiger partial charge in [0.1, 0.15) is 12.4 Å². The number of fused-ring (bicyclic) bond motifs is 1. The Bertz CT molecular complexity index is 884. The van der Waals surface area contributed by atoms with Crippen molar-refractivity contribution in [3.63, 3.8) is 0 Å². The molecule has 1 heterocycles. The van der Waals surface area contributed by atoms with Crippen molar-refractivity contribution in [2.75, 3.05) is 13.2 Å². The summed E-state index contributed by atoms with van der Waals surface area (Å²) in [6.07, 6.45) is 0.991. The van der Waals surface area contributed by atoms with Gasteiger partial charge in [0.2, 0.25) is 5.76 Å². The Balaban J connectivity index is 2.59. The maximum atomic E-state index is 12.7. The number of hydrogen-bond acceptors (Lipinski definition) is 7. The predicted molar refractivity (Wildman–Crippen MR) is 89.9 cm³/mol. The van der Waals surface area contributed by atoms with Crippen molar-refractivity contribution in [2.45, 2.75) is 20.4 Å². The molecule has 8 heteroatoms. The van der Waals surface area contributed by atoms with E-state index in [1.54, 1.807) is 38.1 Å². The van der Waals surface area contributed by atoms with E-state index < -0.39 is 29.8 Å². The predicted octanol–water partition coefficient (Wildman–Crippen LogP) is 1.42. The summed E-state index contributed by atoms with van der Waals surface area (Å²) in [5, 5.41) is 10.1. The Morgan fingerprint density at radius 2 is 1.88 bits per heavy atom. The van der Waals surface area contributed by atoms with E-state index in [1.165, 1.54) is 0 Å². The van der Waals surface area contributed by atoms with Crippen LogP contribution in [0.15, 0.2) is 34.8 Å². The number of rotatable bonds is 6. The van der Waals surface area contributed by atoms with Crippen molar-refractivity contribution in [3.8, 4) is 0 Å². The summed E-state index contributed by atoms with van der Waals surface area (Å²) in [5.74, 6) is -2.36. The fraction of sp³-hybridized carbons (Fsp3) is 0.294. The Morgan fingerprint density at radius 1 is 1.20 bits per heavy atom. The van der Waals surface area contributed by atoms with Crippen LogP contribution in [0.25, 0.3) is 17.0 Å². The topological polar surface area (TPSA) is 108 Å². The lowest BCUT2D eigenvalue weighted by Gasteiger charge is -2.11. The number of carbonyl (C=O) groups excluding carboxylic acids is 2. The van der Waals surface area contributed by atoms with Crippen molar-refractivity contribution in [1.29, 1.82) is 0 Å². The van der Waals surface area contributed by atoms with Gasteiger partial charge < -0.3 is 14.6 Å². The first-order valence-electron chi connectivity index (χ1n) is 7.70. The normalized spacial score (nSPS) is 11.4. The van der Waals surface area contributed by atoms with Gasteiger partial charge in [0.25, 0.3) is 5.56 Å². The SMILES string of the molecule is CCOC(=O)Cn1c(/C=C(\O)C(=O)OCC)nc2ccccc2c1=O. The molecule has 0 atom stereocenters. The summed E-state index contributed by atoms with van der Waals surface area (Å²) in [6.45, 7) is 3.08. The standard InChI is InChI=1S/C17H18N2O6/c1-3-24-15(21)10-19-14(9-13(20)17(23)25-4-2)18-12-8-6-5-7-11(12)16(19)22/h5-9,20H,3-4,10H2,1-2H3/b13-9-. The Labute approximate surface area is 143 Å². The molecule has 1 aromatic heterocycles. The van der Waals surface area contributed by atoms with Crippen LogP contribution in [0.3, 0.4) is 0 Å². The molecule has 0 fully saturated rings. The highest BCUT2D eigenvalue weighted by molar-refractivity contribution is 5.91. The fourth-order valence-corrected chi connectivity index (χ4v) is 2.17. The number of carbonyl (C=O) groups is 2. The first kappa shape index (κ1) is 18.2. The molecule has 0 aliphatic carbocycles. The monoisotopic (exact) mass is 346 g/mol. The maximum Gasteiger partial charge on any atom is 0.373 e. The molecule has 1 N–H and O–H groups in total. The lowest BCUT2D eigenvalue weighted by molar-refractivity contribution is -0.144. The lowest BCUT2D eigenvalue weighted by atomic mass is 10.2. The van der Waals surface area contributed by atoms with E-state index >= 15 is 0 Å². The number of para-hydroxylation sites is 1. The Hall–Kier alpha value is -3.16. The smallest absolute Gasteiger partial charge is 0.373 e. The average Bonchev–Trinajstić information content (AvgIpc) is 2.58. The third kappa shape index (κ3) is 4.23. The van der Waals surface area contributed by atoms with Crippen molar-refractivity contribution in [2.24, 2.45) is 0 Å². The van der Waals surface area contributed by atoms with Gasteiger partial charge in [0.05, 0.1) is 24.1 Å². The van der Waals surface area contributed by atoms with Crippen LogP contribution in [0.1, 0.15) is 19.7 Å². The number of hydrogen-bond donors (Lipinski definition) is 1. The zero-order valence-electron chi connectivity index (χ0n) is 13.9. The minimum atomic E-state index is -0.951. The summed E-state index contributed by atoms with van der Waals surface area (Å²) >= 11 is 0. The minimum Gasteiger partial charge on any atom is -0.502 e. The van der Waals surface area contributed by atoms with Crippen LogP contribution in [0.4, 0.5) is 0 Å². The second-order valence-electron chi connectivity index (χ2n) is 4.93. The molecule has 0 saturated carbocycles. The third-order valence-electron chi connectivity index (χ3n) is 3.23. The van der Waals surface area contributed by atoms with E-state index in [0.29, 0.717) is 10.9 Å². The van der Waals surface area contributed by atoms with Crippen LogP contribution >= 0.6 is 0 Å². The summed E-state index contributed by atoms with van der Waals surface area (Å²) in [7, 11) is 0. The number of esters is 2. The molecule has 0 unspecified atom stereocenters. The quantitative estimate of drug-likeness (QED) is 0.479. The number of ether oxygens (including phenoxy) is 2. The summed E-state index contributed by atoms with van der Waals surface area (Å²) in [6, 6.07) is 6.56. The van der Waals surface area contributed by atoms with Gasteiger partial charge in [-0.2, -0.15) is 0 Å². The van der Waals surface area contributed by atoms with Crippen LogP contribution in [0.2, 0.25) is 0 Å². The van der Waals surface area contributed by atoms with Crippen LogP contribution in [-0.4, -0.2) is 39.8 Å². The maximum absolute atomic E-state index is 12.7. The van der Waals surface area contributed by atoms with Crippen LogP contribution < -0.4 is 5.56 Å². The van der Waals surface area contributed by atoms with Crippen LogP contribution in [0.5, 0.6) is 0 Å². The third-order valence-corrected chi connectivity index (χ3v) is 3.23. The van der Waals surface area contributed by atoms with Gasteiger partial charge in [0.15, 0.2) is 0 Å². The zero-order valence-corrected chi connectivity index (χ0v) is 13.9. The Kier molecular flexibility index (Phi) is 5.89. The minimum absolute atomic E-state index is 0.0534. The molecular weight excluding hydrogens is 328 g/mol. The van der Waals surface area contributed by atoms with Crippen molar-refractivity contribution in [1.82, 2.24) is 9.55 Å². The van der Waals surface area contributed by atoms with Crippen molar-refractivity contribution in [3.05, 3.63) is 46.2 Å². The fourth-order valence-electron chi connectivity index (χ4n) is 2.17. The molecule has 25 heavy (non-hydrogen) atoms. The van der Waals surface area contributed by atoms with Gasteiger partial charge in [0, 0.05) is 6.08 Å². The zero-order chi connectivity index (χ0) is 18.4. The van der Waals surface area contributed by atoms with E-state index in [1.807, 2.05) is 0 Å². The molecule has 0 spiro atoms. The van der Waals surface area contributed by atoms with Crippen molar-refractivity contribution >= 4 is 28.9 Å². The van der Waals surface area contributed by atoms with Gasteiger partial charge in [-0.1, -0.05) is 12.1 Å². The van der Waals surface area contributed by atoms with Crippen LogP contribution in [-0.2, 0) is 25.6 Å². The summed E-state index contributed by atoms with van der Waals surface area (Å²) in [5.41, 5.74) is -0.114. The first-order valence-corrected chi connectivity index (χ1v) is 7.70. The van der Waals surface area contributed by atoms with Crippen molar-refractivity contribution < 1.29 is 24.2 Å². The highest BCUT2D eigenvalue weighted by Crippen LogP contribution is 2.11. The highest BCUT2D eigenvalue weighted by atomic mass is 16.5. The van der Waals surface area contributed by atoms with Gasteiger partial charge in [-0.25, -0.2) is 9.78 Å². The molecule has 0 radical (unpaired) electrons. The molecule has 1 aromatic carbocycles. The number of nitrogens with zero attached hydrogens (tertiary/aromatic N) is 2. The van der Waals surface area contributed by atoms with Gasteiger partial charge >= 0.3 is 11.9 Å². The molecule has 0 aliphatic rings. The second-order valence-corrected chi connectivity index (χ2v) is 4.93. The molecule has 8 nitrogen and oxygen atoms in total. The number of benzene rings is 1. The molecule has 0 saturated heterocycles. The van der Waals surface area contributed by atoms with E-state index in [9.17, 15) is 19.5 Å². The summed E-state index contributed by atoms with van der Waals surface area (Å²) in [4.78, 5) is 40.3.